The summed E-state index contributed by atoms with van der Waals surface area (Å²) >= 11 is 6.04. The lowest BCUT2D eigenvalue weighted by Crippen LogP contribution is -2.20. The number of hydrogen-bond donors (Lipinski definition) is 1. The van der Waals surface area contributed by atoms with E-state index in [2.05, 4.69) is 5.32 Å². The van der Waals surface area contributed by atoms with Crippen LogP contribution in [0.1, 0.15) is 16.7 Å². The second kappa shape index (κ2) is 7.47. The molecule has 0 unspecified atom stereocenters. The largest absolute Gasteiger partial charge is 0.467 e. The van der Waals surface area contributed by atoms with E-state index in [0.29, 0.717) is 28.4 Å². The molecule has 24 heavy (non-hydrogen) atoms. The van der Waals surface area contributed by atoms with Crippen LogP contribution in [0.3, 0.4) is 0 Å². The number of rotatable bonds is 4. The molecule has 0 aliphatic carbocycles. The molecule has 0 atom stereocenters. The van der Waals surface area contributed by atoms with Crippen molar-refractivity contribution in [3.63, 3.8) is 0 Å². The van der Waals surface area contributed by atoms with Crippen molar-refractivity contribution >= 4 is 23.6 Å². The Hall–Kier alpha value is -2.37. The van der Waals surface area contributed by atoms with Gasteiger partial charge in [0.25, 0.3) is 0 Å². The molecule has 0 spiro atoms. The van der Waals surface area contributed by atoms with Crippen LogP contribution in [0.2, 0.25) is 5.02 Å². The summed E-state index contributed by atoms with van der Waals surface area (Å²) < 4.78 is 24.2. The quantitative estimate of drug-likeness (QED) is 0.858. The van der Waals surface area contributed by atoms with Crippen molar-refractivity contribution in [3.8, 4) is 5.75 Å². The summed E-state index contributed by atoms with van der Waals surface area (Å²) in [5.41, 5.74) is 1.95. The number of fused-ring (bicyclic) bond motifs is 1. The highest BCUT2D eigenvalue weighted by Gasteiger charge is 2.15. The molecule has 0 bridgehead atoms. The van der Waals surface area contributed by atoms with Gasteiger partial charge in [0.2, 0.25) is 5.91 Å². The van der Waals surface area contributed by atoms with Crippen LogP contribution >= 0.6 is 11.6 Å². The molecule has 0 aromatic heterocycles. The Bertz CT molecular complexity index is 792. The molecule has 0 saturated carbocycles. The highest BCUT2D eigenvalue weighted by atomic mass is 35.5. The number of carbonyl (C=O) groups is 1. The van der Waals surface area contributed by atoms with Gasteiger partial charge in [0, 0.05) is 28.8 Å². The minimum Gasteiger partial charge on any atom is -0.467 e. The van der Waals surface area contributed by atoms with Gasteiger partial charge in [0.05, 0.1) is 6.61 Å². The number of amides is 1. The predicted octanol–water partition coefficient (Wildman–Crippen LogP) is 3.68. The zero-order valence-corrected chi connectivity index (χ0v) is 13.5. The summed E-state index contributed by atoms with van der Waals surface area (Å²) in [6.07, 6.45) is 2.86. The van der Waals surface area contributed by atoms with Crippen molar-refractivity contribution in [2.75, 3.05) is 6.79 Å². The Morgan fingerprint density at radius 3 is 3.00 bits per heavy atom. The van der Waals surface area contributed by atoms with Crippen LogP contribution in [0.4, 0.5) is 4.39 Å². The lowest BCUT2D eigenvalue weighted by molar-refractivity contribution is -0.116. The third kappa shape index (κ3) is 3.93. The first-order chi connectivity index (χ1) is 11.6. The van der Waals surface area contributed by atoms with Crippen molar-refractivity contribution in [3.05, 3.63) is 70.0 Å². The van der Waals surface area contributed by atoms with Crippen molar-refractivity contribution in [1.82, 2.24) is 5.32 Å². The van der Waals surface area contributed by atoms with Gasteiger partial charge < -0.3 is 14.8 Å². The van der Waals surface area contributed by atoms with E-state index in [4.69, 9.17) is 21.1 Å². The van der Waals surface area contributed by atoms with Crippen LogP contribution in [0, 0.1) is 5.82 Å². The van der Waals surface area contributed by atoms with Crippen molar-refractivity contribution < 1.29 is 18.7 Å². The fourth-order valence-electron chi connectivity index (χ4n) is 2.38. The highest BCUT2D eigenvalue weighted by molar-refractivity contribution is 6.31. The maximum atomic E-state index is 13.6. The van der Waals surface area contributed by atoms with Crippen LogP contribution in [-0.4, -0.2) is 12.7 Å². The molecular formula is C18H15ClFNO3. The molecule has 2 aromatic carbocycles. The molecule has 0 radical (unpaired) electrons. The van der Waals surface area contributed by atoms with Gasteiger partial charge in [0.15, 0.2) is 6.79 Å². The minimum atomic E-state index is -0.404. The van der Waals surface area contributed by atoms with Gasteiger partial charge in [0.1, 0.15) is 11.6 Å². The van der Waals surface area contributed by atoms with Crippen LogP contribution in [0.15, 0.2) is 42.5 Å². The van der Waals surface area contributed by atoms with Crippen LogP contribution in [-0.2, 0) is 22.7 Å². The van der Waals surface area contributed by atoms with E-state index < -0.39 is 5.82 Å². The number of ether oxygens (including phenoxy) is 2. The molecule has 1 N–H and O–H groups in total. The maximum absolute atomic E-state index is 13.6. The number of hydrogen-bond acceptors (Lipinski definition) is 3. The lowest BCUT2D eigenvalue weighted by atomic mass is 10.1. The summed E-state index contributed by atoms with van der Waals surface area (Å²) in [5, 5.41) is 3.33. The van der Waals surface area contributed by atoms with Crippen molar-refractivity contribution in [2.45, 2.75) is 13.2 Å². The van der Waals surface area contributed by atoms with E-state index in [-0.39, 0.29) is 19.3 Å². The average molecular weight is 348 g/mol. The van der Waals surface area contributed by atoms with Crippen molar-refractivity contribution in [1.29, 1.82) is 0 Å². The van der Waals surface area contributed by atoms with E-state index in [9.17, 15) is 9.18 Å². The van der Waals surface area contributed by atoms with Crippen LogP contribution in [0.25, 0.3) is 6.08 Å². The van der Waals surface area contributed by atoms with E-state index in [0.717, 1.165) is 5.56 Å². The zero-order valence-electron chi connectivity index (χ0n) is 12.7. The molecule has 6 heteroatoms. The topological polar surface area (TPSA) is 47.6 Å². The fourth-order valence-corrected chi connectivity index (χ4v) is 2.58. The Morgan fingerprint density at radius 2 is 2.17 bits per heavy atom. The number of nitrogens with one attached hydrogen (secondary N) is 1. The van der Waals surface area contributed by atoms with E-state index in [1.165, 1.54) is 24.3 Å². The molecule has 2 aromatic rings. The van der Waals surface area contributed by atoms with E-state index >= 15 is 0 Å². The average Bonchev–Trinajstić information content (AvgIpc) is 2.58. The molecule has 0 saturated heterocycles. The Kier molecular flexibility index (Phi) is 5.13. The monoisotopic (exact) mass is 347 g/mol. The van der Waals surface area contributed by atoms with Crippen LogP contribution in [0.5, 0.6) is 5.75 Å². The molecule has 1 heterocycles. The first-order valence-electron chi connectivity index (χ1n) is 7.36. The standard InChI is InChI=1S/C18H15ClFNO3/c19-16-4-2-1-3-13(16)9-21-17(22)6-5-12-7-15(20)8-14-10-23-11-24-18(12)14/h1-8H,9-11H2,(H,21,22)/b6-5+. The summed E-state index contributed by atoms with van der Waals surface area (Å²) in [6, 6.07) is 9.96. The minimum absolute atomic E-state index is 0.109. The first kappa shape index (κ1) is 16.5. The maximum Gasteiger partial charge on any atom is 0.244 e. The molecule has 1 aliphatic rings. The predicted molar refractivity (Wildman–Crippen MR) is 89.0 cm³/mol. The smallest absolute Gasteiger partial charge is 0.244 e. The summed E-state index contributed by atoms with van der Waals surface area (Å²) in [7, 11) is 0. The Morgan fingerprint density at radius 1 is 1.33 bits per heavy atom. The van der Waals surface area contributed by atoms with E-state index in [1.807, 2.05) is 18.2 Å². The highest BCUT2D eigenvalue weighted by Crippen LogP contribution is 2.30. The number of halogens is 2. The Balaban J connectivity index is 1.68. The molecule has 124 valence electrons. The molecule has 1 aliphatic heterocycles. The lowest BCUT2D eigenvalue weighted by Gasteiger charge is -2.19. The second-order valence-electron chi connectivity index (χ2n) is 5.24. The molecule has 1 amide bonds. The molecule has 3 rings (SSSR count). The summed E-state index contributed by atoms with van der Waals surface area (Å²) in [4.78, 5) is 12.0. The first-order valence-corrected chi connectivity index (χ1v) is 7.73. The van der Waals surface area contributed by atoms with E-state index in [1.54, 1.807) is 6.07 Å². The summed E-state index contributed by atoms with van der Waals surface area (Å²) in [5.74, 6) is -0.170. The second-order valence-corrected chi connectivity index (χ2v) is 5.64. The molecule has 0 fully saturated rings. The van der Waals surface area contributed by atoms with Gasteiger partial charge in [-0.25, -0.2) is 4.39 Å². The molecule has 4 nitrogen and oxygen atoms in total. The third-order valence-corrected chi connectivity index (χ3v) is 3.90. The van der Waals surface area contributed by atoms with Gasteiger partial charge >= 0.3 is 0 Å². The fraction of sp³-hybridized carbons (Fsp3) is 0.167. The Labute approximate surface area is 143 Å². The molecular weight excluding hydrogens is 333 g/mol. The van der Waals surface area contributed by atoms with Gasteiger partial charge in [-0.15, -0.1) is 0 Å². The summed E-state index contributed by atoms with van der Waals surface area (Å²) in [6.45, 7) is 0.708. The number of benzene rings is 2. The zero-order chi connectivity index (χ0) is 16.9. The van der Waals surface area contributed by atoms with Crippen molar-refractivity contribution in [2.24, 2.45) is 0 Å². The SMILES string of the molecule is O=C(/C=C/c1cc(F)cc2c1OCOC2)NCc1ccccc1Cl. The van der Waals surface area contributed by atoms with Gasteiger partial charge in [-0.2, -0.15) is 0 Å². The van der Waals surface area contributed by atoms with Gasteiger partial charge in [-0.1, -0.05) is 29.8 Å². The number of carbonyl (C=O) groups excluding carboxylic acids is 1. The third-order valence-electron chi connectivity index (χ3n) is 3.53. The normalized spacial score (nSPS) is 13.4. The van der Waals surface area contributed by atoms with Gasteiger partial charge in [-0.05, 0) is 29.8 Å². The van der Waals surface area contributed by atoms with Gasteiger partial charge in [-0.3, -0.25) is 4.79 Å². The van der Waals surface area contributed by atoms with Crippen LogP contribution < -0.4 is 10.1 Å².